The van der Waals surface area contributed by atoms with Crippen molar-refractivity contribution in [3.05, 3.63) is 69.9 Å². The third-order valence-corrected chi connectivity index (χ3v) is 5.67. The number of ether oxygens (including phenoxy) is 2. The molecule has 0 spiro atoms. The second kappa shape index (κ2) is 8.99. The van der Waals surface area contributed by atoms with E-state index < -0.39 is 5.72 Å². The van der Waals surface area contributed by atoms with Gasteiger partial charge in [-0.1, -0.05) is 12.1 Å². The van der Waals surface area contributed by atoms with Gasteiger partial charge in [0, 0.05) is 47.9 Å². The third kappa shape index (κ3) is 4.29. The summed E-state index contributed by atoms with van der Waals surface area (Å²) in [5.74, 6) is 1.32. The Labute approximate surface area is 193 Å². The van der Waals surface area contributed by atoms with Crippen LogP contribution in [0.15, 0.2) is 58.2 Å². The highest BCUT2D eigenvalue weighted by molar-refractivity contribution is 5.90. The lowest BCUT2D eigenvalue weighted by Crippen LogP contribution is -2.41. The van der Waals surface area contributed by atoms with Crippen molar-refractivity contribution in [3.63, 3.8) is 0 Å². The summed E-state index contributed by atoms with van der Waals surface area (Å²) in [5.41, 5.74) is 9.58. The van der Waals surface area contributed by atoms with Gasteiger partial charge in [0.25, 0.3) is 5.56 Å². The number of rotatable bonds is 6. The maximum atomic E-state index is 13.9. The molecule has 2 aliphatic rings. The van der Waals surface area contributed by atoms with Crippen molar-refractivity contribution in [2.24, 2.45) is 4.99 Å². The van der Waals surface area contributed by atoms with E-state index in [1.54, 1.807) is 31.0 Å². The molecular weight excluding hydrogens is 418 g/mol. The molecule has 1 atom stereocenters. The molecule has 0 amide bonds. The van der Waals surface area contributed by atoms with Gasteiger partial charge in [0.05, 0.1) is 13.7 Å². The first kappa shape index (κ1) is 22.4. The molecule has 0 saturated carbocycles. The van der Waals surface area contributed by atoms with Gasteiger partial charge in [0.2, 0.25) is 0 Å². The number of nitrogen functional groups attached to an aromatic ring is 1. The first-order valence-corrected chi connectivity index (χ1v) is 10.8. The van der Waals surface area contributed by atoms with E-state index >= 15 is 0 Å². The molecule has 4 rings (SSSR count). The Bertz CT molecular complexity index is 1260. The largest absolute Gasteiger partial charge is 0.483 e. The number of fused-ring (bicyclic) bond motifs is 1. The average Bonchev–Trinajstić information content (AvgIpc) is 2.81. The fraction of sp³-hybridized carbons (Fsp3) is 0.280. The predicted octanol–water partition coefficient (Wildman–Crippen LogP) is 3.27. The van der Waals surface area contributed by atoms with Crippen LogP contribution in [0.3, 0.4) is 0 Å². The second-order valence-corrected chi connectivity index (χ2v) is 7.98. The lowest BCUT2D eigenvalue weighted by Gasteiger charge is -2.34. The molecular formula is C25H29N5O3. The molecule has 0 fully saturated rings. The molecule has 1 aromatic heterocycles. The van der Waals surface area contributed by atoms with E-state index in [1.165, 1.54) is 0 Å². The van der Waals surface area contributed by atoms with E-state index in [1.807, 2.05) is 56.4 Å². The van der Waals surface area contributed by atoms with Gasteiger partial charge < -0.3 is 25.8 Å². The van der Waals surface area contributed by atoms with Crippen molar-refractivity contribution in [1.29, 1.82) is 0 Å². The monoisotopic (exact) mass is 447 g/mol. The number of allylic oxidation sites excluding steroid dienone is 2. The Balaban J connectivity index is 1.94. The number of aliphatic imine (C=N–C) groups is 1. The minimum Gasteiger partial charge on any atom is -0.483 e. The van der Waals surface area contributed by atoms with Gasteiger partial charge in [-0.05, 0) is 55.8 Å². The van der Waals surface area contributed by atoms with Crippen molar-refractivity contribution in [1.82, 2.24) is 9.88 Å². The molecule has 0 unspecified atom stereocenters. The highest BCUT2D eigenvalue weighted by Crippen LogP contribution is 2.33. The number of nitrogens with one attached hydrogen (secondary N) is 2. The van der Waals surface area contributed by atoms with Crippen LogP contribution >= 0.6 is 0 Å². The zero-order valence-electron chi connectivity index (χ0n) is 19.3. The van der Waals surface area contributed by atoms with Gasteiger partial charge in [-0.3, -0.25) is 14.4 Å². The molecule has 172 valence electrons. The van der Waals surface area contributed by atoms with Gasteiger partial charge in [0.15, 0.2) is 11.6 Å². The van der Waals surface area contributed by atoms with E-state index in [9.17, 15) is 4.79 Å². The first-order valence-electron chi connectivity index (χ1n) is 10.8. The van der Waals surface area contributed by atoms with Gasteiger partial charge in [-0.15, -0.1) is 0 Å². The third-order valence-electron chi connectivity index (χ3n) is 5.67. The molecule has 2 aliphatic heterocycles. The maximum Gasteiger partial charge on any atom is 0.264 e. The van der Waals surface area contributed by atoms with Gasteiger partial charge >= 0.3 is 0 Å². The molecule has 1 aromatic carbocycles. The number of nitrogens with two attached hydrogens (primary N) is 1. The van der Waals surface area contributed by atoms with Crippen molar-refractivity contribution in [2.45, 2.75) is 19.6 Å². The maximum absolute atomic E-state index is 13.9. The Morgan fingerprint density at radius 2 is 2.12 bits per heavy atom. The molecule has 0 aliphatic carbocycles. The smallest absolute Gasteiger partial charge is 0.264 e. The second-order valence-electron chi connectivity index (χ2n) is 7.98. The quantitative estimate of drug-likeness (QED) is 0.464. The van der Waals surface area contributed by atoms with E-state index in [-0.39, 0.29) is 5.56 Å². The summed E-state index contributed by atoms with van der Waals surface area (Å²) in [6.45, 7) is 4.84. The van der Waals surface area contributed by atoms with Gasteiger partial charge in [-0.2, -0.15) is 0 Å². The number of nitrogens with zero attached hydrogens (tertiary/aromatic N) is 2. The van der Waals surface area contributed by atoms with Crippen LogP contribution in [-0.2, 0) is 9.47 Å². The molecule has 3 heterocycles. The number of pyridine rings is 1. The number of benzene rings is 1. The van der Waals surface area contributed by atoms with Crippen LogP contribution in [0.4, 0.5) is 11.5 Å². The lowest BCUT2D eigenvalue weighted by atomic mass is 9.99. The van der Waals surface area contributed by atoms with Gasteiger partial charge in [0.1, 0.15) is 5.82 Å². The highest BCUT2D eigenvalue weighted by atomic mass is 16.5. The molecule has 4 N–H and O–H groups in total. The molecule has 33 heavy (non-hydrogen) atoms. The van der Waals surface area contributed by atoms with Crippen LogP contribution in [-0.4, -0.2) is 43.8 Å². The summed E-state index contributed by atoms with van der Waals surface area (Å²) in [7, 11) is 3.29. The number of anilines is 2. The fourth-order valence-electron chi connectivity index (χ4n) is 4.04. The van der Waals surface area contributed by atoms with Crippen LogP contribution in [0, 0.1) is 0 Å². The summed E-state index contributed by atoms with van der Waals surface area (Å²) in [5, 5.41) is 6.61. The zero-order chi connectivity index (χ0) is 23.6. The first-order chi connectivity index (χ1) is 15.9. The Hall–Kier alpha value is -3.78. The van der Waals surface area contributed by atoms with Crippen LogP contribution in [0.25, 0.3) is 22.9 Å². The fourth-order valence-corrected chi connectivity index (χ4v) is 4.04. The van der Waals surface area contributed by atoms with Crippen LogP contribution in [0.1, 0.15) is 25.0 Å². The highest BCUT2D eigenvalue weighted by Gasteiger charge is 2.29. The summed E-state index contributed by atoms with van der Waals surface area (Å²) in [6.07, 6.45) is 9.34. The van der Waals surface area contributed by atoms with Crippen LogP contribution in [0.5, 0.6) is 0 Å². The van der Waals surface area contributed by atoms with Gasteiger partial charge in [-0.25, -0.2) is 0 Å². The average molecular weight is 448 g/mol. The van der Waals surface area contributed by atoms with E-state index in [2.05, 4.69) is 15.6 Å². The molecule has 0 saturated heterocycles. The molecule has 8 heteroatoms. The zero-order valence-corrected chi connectivity index (χ0v) is 19.3. The van der Waals surface area contributed by atoms with E-state index in [0.717, 1.165) is 22.4 Å². The Morgan fingerprint density at radius 3 is 2.79 bits per heavy atom. The number of aromatic nitrogens is 1. The van der Waals surface area contributed by atoms with Crippen LogP contribution < -0.4 is 21.9 Å². The van der Waals surface area contributed by atoms with Crippen molar-refractivity contribution in [2.75, 3.05) is 38.4 Å². The summed E-state index contributed by atoms with van der Waals surface area (Å²) >= 11 is 0. The molecule has 2 aromatic rings. The normalized spacial score (nSPS) is 19.4. The minimum atomic E-state index is -0.723. The van der Waals surface area contributed by atoms with Crippen molar-refractivity contribution in [3.8, 4) is 11.1 Å². The van der Waals surface area contributed by atoms with E-state index in [4.69, 9.17) is 15.2 Å². The SMILES string of the molecule is CCO[C@@]1(C)C=Cc2cc(-c3ccc(N)c(C=NC)c3)c(=O)n(C3=CC=C(OC)NC3)c2N1. The summed E-state index contributed by atoms with van der Waals surface area (Å²) in [6, 6.07) is 7.44. The van der Waals surface area contributed by atoms with Crippen LogP contribution in [0.2, 0.25) is 0 Å². The van der Waals surface area contributed by atoms with Crippen molar-refractivity contribution >= 4 is 29.5 Å². The Kier molecular flexibility index (Phi) is 6.11. The molecule has 0 radical (unpaired) electrons. The molecule has 8 nitrogen and oxygen atoms in total. The summed E-state index contributed by atoms with van der Waals surface area (Å²) < 4.78 is 12.9. The standard InChI is InChI=1S/C25H29N5O3/c1-5-33-25(2)11-10-17-13-20(16-6-8-21(26)18(12-16)14-27-3)24(31)30(23(17)29-25)19-7-9-22(32-4)28-15-19/h6-14,28-29H,5,15,26H2,1-4H3/t25-/m0/s1. The lowest BCUT2D eigenvalue weighted by molar-refractivity contribution is 0.0352. The Morgan fingerprint density at radius 1 is 1.30 bits per heavy atom. The topological polar surface area (TPSA) is 103 Å². The minimum absolute atomic E-state index is 0.151. The number of hydrogen-bond acceptors (Lipinski definition) is 7. The van der Waals surface area contributed by atoms with Crippen molar-refractivity contribution < 1.29 is 9.47 Å². The predicted molar refractivity (Wildman–Crippen MR) is 134 cm³/mol. The number of methoxy groups -OCH3 is 1. The van der Waals surface area contributed by atoms with E-state index in [0.29, 0.717) is 36.1 Å². The number of hydrogen-bond donors (Lipinski definition) is 3. The molecule has 0 bridgehead atoms. The summed E-state index contributed by atoms with van der Waals surface area (Å²) in [4.78, 5) is 18.0. The number of dihydropyridines is 1.